The Balaban J connectivity index is 2.00. The van der Waals surface area contributed by atoms with Crippen LogP contribution in [0.4, 0.5) is 0 Å². The lowest BCUT2D eigenvalue weighted by atomic mass is 10.2. The number of pyridine rings is 1. The van der Waals surface area contributed by atoms with Crippen LogP contribution in [0.2, 0.25) is 0 Å². The van der Waals surface area contributed by atoms with Crippen molar-refractivity contribution in [3.63, 3.8) is 0 Å². The summed E-state index contributed by atoms with van der Waals surface area (Å²) in [6.07, 6.45) is 3.56. The fourth-order valence-corrected chi connectivity index (χ4v) is 2.88. The maximum Gasteiger partial charge on any atom is 0.132 e. The van der Waals surface area contributed by atoms with Gasteiger partial charge in [0.2, 0.25) is 0 Å². The fraction of sp³-hybridized carbons (Fsp3) is 0.125. The molecular formula is C16H14N2O2S. The molecule has 2 heterocycles. The second-order valence-corrected chi connectivity index (χ2v) is 5.20. The minimum atomic E-state index is 0.751. The Morgan fingerprint density at radius 3 is 2.71 bits per heavy atom. The van der Waals surface area contributed by atoms with Crippen LogP contribution in [0.15, 0.2) is 48.1 Å². The number of nitrogens with zero attached hydrogens (tertiary/aromatic N) is 2. The van der Waals surface area contributed by atoms with Gasteiger partial charge in [-0.3, -0.25) is 4.98 Å². The van der Waals surface area contributed by atoms with Crippen LogP contribution in [-0.4, -0.2) is 24.2 Å². The van der Waals surface area contributed by atoms with Crippen LogP contribution in [0.3, 0.4) is 0 Å². The smallest absolute Gasteiger partial charge is 0.132 e. The van der Waals surface area contributed by atoms with Crippen molar-refractivity contribution in [1.29, 1.82) is 0 Å². The molecule has 0 bridgehead atoms. The molecule has 2 aromatic heterocycles. The van der Waals surface area contributed by atoms with Crippen molar-refractivity contribution in [3.8, 4) is 33.3 Å². The monoisotopic (exact) mass is 298 g/mol. The quantitative estimate of drug-likeness (QED) is 0.733. The van der Waals surface area contributed by atoms with Crippen LogP contribution in [0.1, 0.15) is 0 Å². The van der Waals surface area contributed by atoms with Crippen molar-refractivity contribution < 1.29 is 9.47 Å². The molecule has 106 valence electrons. The number of rotatable bonds is 4. The van der Waals surface area contributed by atoms with Gasteiger partial charge in [-0.1, -0.05) is 0 Å². The Morgan fingerprint density at radius 1 is 1.10 bits per heavy atom. The zero-order valence-electron chi connectivity index (χ0n) is 11.7. The molecule has 3 rings (SSSR count). The van der Waals surface area contributed by atoms with E-state index in [1.54, 1.807) is 31.8 Å². The van der Waals surface area contributed by atoms with Gasteiger partial charge in [0.15, 0.2) is 0 Å². The third-order valence-electron chi connectivity index (χ3n) is 3.10. The van der Waals surface area contributed by atoms with Gasteiger partial charge >= 0.3 is 0 Å². The van der Waals surface area contributed by atoms with Crippen LogP contribution < -0.4 is 9.47 Å². The van der Waals surface area contributed by atoms with E-state index in [4.69, 9.17) is 9.47 Å². The molecule has 0 radical (unpaired) electrons. The second-order valence-electron chi connectivity index (χ2n) is 4.35. The first kappa shape index (κ1) is 13.6. The molecule has 0 fully saturated rings. The van der Waals surface area contributed by atoms with Gasteiger partial charge in [-0.2, -0.15) is 0 Å². The van der Waals surface area contributed by atoms with E-state index in [-0.39, 0.29) is 0 Å². The molecule has 0 N–H and O–H groups in total. The highest BCUT2D eigenvalue weighted by Gasteiger charge is 2.12. The summed E-state index contributed by atoms with van der Waals surface area (Å²) in [7, 11) is 3.28. The molecule has 4 nitrogen and oxygen atoms in total. The zero-order valence-corrected chi connectivity index (χ0v) is 12.6. The molecule has 3 aromatic rings. The van der Waals surface area contributed by atoms with Crippen molar-refractivity contribution in [1.82, 2.24) is 9.97 Å². The van der Waals surface area contributed by atoms with Crippen LogP contribution in [0, 0.1) is 0 Å². The van der Waals surface area contributed by atoms with E-state index in [1.807, 2.05) is 41.9 Å². The molecule has 0 saturated heterocycles. The molecule has 21 heavy (non-hydrogen) atoms. The third kappa shape index (κ3) is 2.73. The third-order valence-corrected chi connectivity index (χ3v) is 3.98. The number of methoxy groups -OCH3 is 2. The Morgan fingerprint density at radius 2 is 2.00 bits per heavy atom. The SMILES string of the molecule is COc1ccc(-c2nc(-c3cccnc3)cs2)c(OC)c1. The van der Waals surface area contributed by atoms with Crippen molar-refractivity contribution in [2.45, 2.75) is 0 Å². The van der Waals surface area contributed by atoms with E-state index in [0.29, 0.717) is 0 Å². The molecular weight excluding hydrogens is 284 g/mol. The summed E-state index contributed by atoms with van der Waals surface area (Å²) in [5, 5.41) is 2.93. The Labute approximate surface area is 127 Å². The summed E-state index contributed by atoms with van der Waals surface area (Å²) in [6.45, 7) is 0. The molecule has 5 heteroatoms. The molecule has 0 unspecified atom stereocenters. The predicted octanol–water partition coefficient (Wildman–Crippen LogP) is 3.89. The maximum absolute atomic E-state index is 5.43. The minimum absolute atomic E-state index is 0.751. The number of thiazole rings is 1. The van der Waals surface area contributed by atoms with E-state index < -0.39 is 0 Å². The van der Waals surface area contributed by atoms with Gasteiger partial charge < -0.3 is 9.47 Å². The van der Waals surface area contributed by atoms with Gasteiger partial charge in [0.05, 0.1) is 25.5 Å². The van der Waals surface area contributed by atoms with Gasteiger partial charge in [0.1, 0.15) is 16.5 Å². The first-order valence-corrected chi connectivity index (χ1v) is 7.28. The number of benzene rings is 1. The van der Waals surface area contributed by atoms with E-state index in [2.05, 4.69) is 9.97 Å². The largest absolute Gasteiger partial charge is 0.497 e. The molecule has 0 amide bonds. The van der Waals surface area contributed by atoms with E-state index in [1.165, 1.54) is 0 Å². The summed E-state index contributed by atoms with van der Waals surface area (Å²) < 4.78 is 10.6. The van der Waals surface area contributed by atoms with Crippen LogP contribution in [-0.2, 0) is 0 Å². The predicted molar refractivity (Wildman–Crippen MR) is 83.9 cm³/mol. The van der Waals surface area contributed by atoms with Crippen LogP contribution in [0.25, 0.3) is 21.8 Å². The summed E-state index contributed by atoms with van der Waals surface area (Å²) in [4.78, 5) is 8.80. The topological polar surface area (TPSA) is 44.2 Å². The Kier molecular flexibility index (Phi) is 3.83. The summed E-state index contributed by atoms with van der Waals surface area (Å²) in [5.74, 6) is 1.51. The highest BCUT2D eigenvalue weighted by molar-refractivity contribution is 7.13. The van der Waals surface area contributed by atoms with Crippen molar-refractivity contribution in [3.05, 3.63) is 48.1 Å². The first-order chi connectivity index (χ1) is 10.3. The van der Waals surface area contributed by atoms with Gasteiger partial charge in [-0.05, 0) is 24.3 Å². The van der Waals surface area contributed by atoms with E-state index in [0.717, 1.165) is 33.3 Å². The molecule has 0 aliphatic heterocycles. The average Bonchev–Trinajstić information content (AvgIpc) is 3.04. The van der Waals surface area contributed by atoms with Crippen LogP contribution >= 0.6 is 11.3 Å². The zero-order chi connectivity index (χ0) is 14.7. The number of ether oxygens (including phenoxy) is 2. The second kappa shape index (κ2) is 5.93. The lowest BCUT2D eigenvalue weighted by Crippen LogP contribution is -1.90. The van der Waals surface area contributed by atoms with E-state index in [9.17, 15) is 0 Å². The molecule has 1 aromatic carbocycles. The molecule has 0 aliphatic rings. The van der Waals surface area contributed by atoms with Crippen molar-refractivity contribution >= 4 is 11.3 Å². The minimum Gasteiger partial charge on any atom is -0.497 e. The average molecular weight is 298 g/mol. The normalized spacial score (nSPS) is 10.4. The van der Waals surface area contributed by atoms with E-state index >= 15 is 0 Å². The standard InChI is InChI=1S/C16H14N2O2S/c1-19-12-5-6-13(15(8-12)20-2)16-18-14(10-21-16)11-4-3-7-17-9-11/h3-10H,1-2H3. The lowest BCUT2D eigenvalue weighted by Gasteiger charge is -2.08. The molecule has 0 spiro atoms. The molecule has 0 saturated carbocycles. The summed E-state index contributed by atoms with van der Waals surface area (Å²) >= 11 is 1.58. The van der Waals surface area contributed by atoms with Gasteiger partial charge in [-0.25, -0.2) is 4.98 Å². The van der Waals surface area contributed by atoms with Crippen molar-refractivity contribution in [2.24, 2.45) is 0 Å². The van der Waals surface area contributed by atoms with Gasteiger partial charge in [0, 0.05) is 29.4 Å². The lowest BCUT2D eigenvalue weighted by molar-refractivity contribution is 0.395. The Bertz CT molecular complexity index is 741. The fourth-order valence-electron chi connectivity index (χ4n) is 2.02. The maximum atomic E-state index is 5.43. The summed E-state index contributed by atoms with van der Waals surface area (Å²) in [6, 6.07) is 9.63. The highest BCUT2D eigenvalue weighted by Crippen LogP contribution is 2.36. The number of hydrogen-bond donors (Lipinski definition) is 0. The Hall–Kier alpha value is -2.40. The summed E-state index contributed by atoms with van der Waals surface area (Å²) in [5.41, 5.74) is 2.88. The highest BCUT2D eigenvalue weighted by atomic mass is 32.1. The van der Waals surface area contributed by atoms with Crippen LogP contribution in [0.5, 0.6) is 11.5 Å². The molecule has 0 atom stereocenters. The van der Waals surface area contributed by atoms with Crippen molar-refractivity contribution in [2.75, 3.05) is 14.2 Å². The van der Waals surface area contributed by atoms with Gasteiger partial charge in [-0.15, -0.1) is 11.3 Å². The number of hydrogen-bond acceptors (Lipinski definition) is 5. The number of aromatic nitrogens is 2. The van der Waals surface area contributed by atoms with Gasteiger partial charge in [0.25, 0.3) is 0 Å². The molecule has 0 aliphatic carbocycles. The first-order valence-electron chi connectivity index (χ1n) is 6.40.